The summed E-state index contributed by atoms with van der Waals surface area (Å²) in [6, 6.07) is 18.0. The van der Waals surface area contributed by atoms with Crippen LogP contribution in [0.1, 0.15) is 0 Å². The molecule has 0 N–H and O–H groups in total. The summed E-state index contributed by atoms with van der Waals surface area (Å²) in [5.74, 6) is 1.94. The molecule has 2 aromatic rings. The standard InChI is InChI=1S/C16H12N2OS/c17-11-18-12-20-10-16(18)19-15-8-4-7-14(9-15)13-5-2-1-3-6-13/h1-10H,12H2. The van der Waals surface area contributed by atoms with Crippen LogP contribution in [0.3, 0.4) is 0 Å². The van der Waals surface area contributed by atoms with Crippen molar-refractivity contribution in [1.29, 1.82) is 5.26 Å². The van der Waals surface area contributed by atoms with Crippen LogP contribution in [0.2, 0.25) is 0 Å². The molecule has 0 saturated carbocycles. The summed E-state index contributed by atoms with van der Waals surface area (Å²) < 4.78 is 5.78. The molecule has 4 heteroatoms. The Morgan fingerprint density at radius 1 is 1.05 bits per heavy atom. The lowest BCUT2D eigenvalue weighted by molar-refractivity contribution is 0.309. The summed E-state index contributed by atoms with van der Waals surface area (Å²) in [5.41, 5.74) is 2.24. The first-order chi connectivity index (χ1) is 9.86. The Balaban J connectivity index is 1.84. The van der Waals surface area contributed by atoms with Crippen molar-refractivity contribution in [1.82, 2.24) is 4.90 Å². The third-order valence-corrected chi connectivity index (χ3v) is 3.71. The first-order valence-corrected chi connectivity index (χ1v) is 7.24. The zero-order valence-corrected chi connectivity index (χ0v) is 11.5. The summed E-state index contributed by atoms with van der Waals surface area (Å²) in [4.78, 5) is 1.53. The van der Waals surface area contributed by atoms with Crippen molar-refractivity contribution in [2.45, 2.75) is 0 Å². The van der Waals surface area contributed by atoms with Crippen LogP contribution in [0.5, 0.6) is 5.75 Å². The van der Waals surface area contributed by atoms with Crippen molar-refractivity contribution < 1.29 is 4.74 Å². The number of hydrogen-bond donors (Lipinski definition) is 0. The molecule has 1 aliphatic heterocycles. The van der Waals surface area contributed by atoms with Gasteiger partial charge >= 0.3 is 0 Å². The van der Waals surface area contributed by atoms with E-state index in [0.717, 1.165) is 16.9 Å². The van der Waals surface area contributed by atoms with Gasteiger partial charge in [0.1, 0.15) is 5.75 Å². The van der Waals surface area contributed by atoms with E-state index in [4.69, 9.17) is 10.00 Å². The molecule has 1 aliphatic rings. The number of rotatable bonds is 3. The lowest BCUT2D eigenvalue weighted by Gasteiger charge is -2.13. The maximum Gasteiger partial charge on any atom is 0.216 e. The highest BCUT2D eigenvalue weighted by Gasteiger charge is 2.17. The lowest BCUT2D eigenvalue weighted by atomic mass is 10.1. The van der Waals surface area contributed by atoms with Crippen molar-refractivity contribution >= 4 is 11.8 Å². The minimum absolute atomic E-state index is 0.586. The van der Waals surface area contributed by atoms with Crippen molar-refractivity contribution in [3.63, 3.8) is 0 Å². The van der Waals surface area contributed by atoms with Crippen LogP contribution < -0.4 is 4.74 Å². The van der Waals surface area contributed by atoms with Crippen LogP contribution in [0.15, 0.2) is 65.9 Å². The van der Waals surface area contributed by atoms with Gasteiger partial charge in [0.25, 0.3) is 0 Å². The number of ether oxygens (including phenoxy) is 1. The van der Waals surface area contributed by atoms with Gasteiger partial charge in [-0.15, -0.1) is 11.8 Å². The predicted molar refractivity (Wildman–Crippen MR) is 80.5 cm³/mol. The minimum Gasteiger partial charge on any atom is -0.440 e. The van der Waals surface area contributed by atoms with Gasteiger partial charge in [-0.3, -0.25) is 0 Å². The maximum absolute atomic E-state index is 8.99. The van der Waals surface area contributed by atoms with Gasteiger partial charge in [-0.2, -0.15) is 5.26 Å². The Labute approximate surface area is 122 Å². The third kappa shape index (κ3) is 2.63. The molecule has 3 rings (SSSR count). The second-order valence-electron chi connectivity index (χ2n) is 4.28. The van der Waals surface area contributed by atoms with Crippen molar-refractivity contribution in [3.8, 4) is 23.1 Å². The van der Waals surface area contributed by atoms with E-state index in [1.54, 1.807) is 11.8 Å². The molecule has 0 unspecified atom stereocenters. The Bertz CT molecular complexity index is 676. The summed E-state index contributed by atoms with van der Waals surface area (Å²) in [5, 5.41) is 10.8. The Morgan fingerprint density at radius 2 is 1.85 bits per heavy atom. The van der Waals surface area contributed by atoms with Gasteiger partial charge < -0.3 is 4.74 Å². The van der Waals surface area contributed by atoms with E-state index in [2.05, 4.69) is 18.3 Å². The molecular formula is C16H12N2OS. The molecule has 0 fully saturated rings. The average Bonchev–Trinajstić information content (AvgIpc) is 2.96. The average molecular weight is 280 g/mol. The van der Waals surface area contributed by atoms with E-state index in [9.17, 15) is 0 Å². The van der Waals surface area contributed by atoms with Gasteiger partial charge in [0.2, 0.25) is 5.88 Å². The summed E-state index contributed by atoms with van der Waals surface area (Å²) in [7, 11) is 0. The van der Waals surface area contributed by atoms with Crippen LogP contribution in [0.4, 0.5) is 0 Å². The smallest absolute Gasteiger partial charge is 0.216 e. The zero-order valence-electron chi connectivity index (χ0n) is 10.7. The molecule has 0 spiro atoms. The number of nitrogens with zero attached hydrogens (tertiary/aromatic N) is 2. The van der Waals surface area contributed by atoms with Crippen LogP contribution in [-0.4, -0.2) is 10.8 Å². The van der Waals surface area contributed by atoms with Crippen LogP contribution in [0, 0.1) is 11.5 Å². The molecule has 20 heavy (non-hydrogen) atoms. The summed E-state index contributed by atoms with van der Waals surface area (Å²) in [6.07, 6.45) is 2.10. The van der Waals surface area contributed by atoms with Gasteiger partial charge in [-0.25, -0.2) is 4.90 Å². The van der Waals surface area contributed by atoms with E-state index in [0.29, 0.717) is 11.8 Å². The number of nitriles is 1. The number of thioether (sulfide) groups is 1. The van der Waals surface area contributed by atoms with E-state index in [-0.39, 0.29) is 0 Å². The monoisotopic (exact) mass is 280 g/mol. The van der Waals surface area contributed by atoms with Gasteiger partial charge in [-0.05, 0) is 23.3 Å². The molecule has 0 aromatic heterocycles. The highest BCUT2D eigenvalue weighted by atomic mass is 32.2. The largest absolute Gasteiger partial charge is 0.440 e. The zero-order chi connectivity index (χ0) is 13.8. The van der Waals surface area contributed by atoms with Crippen LogP contribution in [0.25, 0.3) is 11.1 Å². The second kappa shape index (κ2) is 5.72. The molecular weight excluding hydrogens is 268 g/mol. The fourth-order valence-corrected chi connectivity index (χ4v) is 2.68. The first-order valence-electron chi connectivity index (χ1n) is 6.19. The van der Waals surface area contributed by atoms with E-state index >= 15 is 0 Å². The third-order valence-electron chi connectivity index (χ3n) is 2.94. The second-order valence-corrected chi connectivity index (χ2v) is 5.10. The van der Waals surface area contributed by atoms with Crippen molar-refractivity contribution in [2.75, 3.05) is 5.88 Å². The predicted octanol–water partition coefficient (Wildman–Crippen LogP) is 4.02. The summed E-state index contributed by atoms with van der Waals surface area (Å²) in [6.45, 7) is 0. The van der Waals surface area contributed by atoms with Gasteiger partial charge in [0, 0.05) is 5.41 Å². The molecule has 0 atom stereocenters. The highest BCUT2D eigenvalue weighted by Crippen LogP contribution is 2.28. The number of hydrogen-bond acceptors (Lipinski definition) is 4. The van der Waals surface area contributed by atoms with Gasteiger partial charge in [-0.1, -0.05) is 42.5 Å². The topological polar surface area (TPSA) is 36.3 Å². The molecule has 0 bridgehead atoms. The van der Waals surface area contributed by atoms with E-state index < -0.39 is 0 Å². The van der Waals surface area contributed by atoms with Gasteiger partial charge in [0.15, 0.2) is 6.19 Å². The van der Waals surface area contributed by atoms with Crippen molar-refractivity contribution in [2.24, 2.45) is 0 Å². The minimum atomic E-state index is 0.586. The fourth-order valence-electron chi connectivity index (χ4n) is 1.96. The molecule has 0 saturated heterocycles. The normalized spacial score (nSPS) is 13.8. The SMILES string of the molecule is N#CN1CSC=C1Oc1cccc(-c2ccccc2)c1. The lowest BCUT2D eigenvalue weighted by Crippen LogP contribution is -2.15. The Hall–Kier alpha value is -2.38. The Morgan fingerprint density at radius 3 is 2.65 bits per heavy atom. The summed E-state index contributed by atoms with van der Waals surface area (Å²) >= 11 is 1.55. The molecule has 2 aromatic carbocycles. The molecule has 0 amide bonds. The van der Waals surface area contributed by atoms with Crippen LogP contribution >= 0.6 is 11.8 Å². The highest BCUT2D eigenvalue weighted by molar-refractivity contribution is 8.02. The molecule has 0 radical (unpaired) electrons. The first kappa shape index (κ1) is 12.6. The Kier molecular flexibility index (Phi) is 3.62. The number of benzene rings is 2. The van der Waals surface area contributed by atoms with E-state index in [1.165, 1.54) is 4.90 Å². The van der Waals surface area contributed by atoms with Gasteiger partial charge in [0.05, 0.1) is 5.88 Å². The maximum atomic E-state index is 8.99. The molecule has 1 heterocycles. The fraction of sp³-hybridized carbons (Fsp3) is 0.0625. The molecule has 3 nitrogen and oxygen atoms in total. The molecule has 0 aliphatic carbocycles. The van der Waals surface area contributed by atoms with E-state index in [1.807, 2.05) is 47.9 Å². The quantitative estimate of drug-likeness (QED) is 0.796. The van der Waals surface area contributed by atoms with Crippen molar-refractivity contribution in [3.05, 3.63) is 65.9 Å². The molecule has 98 valence electrons. The van der Waals surface area contributed by atoms with Crippen LogP contribution in [-0.2, 0) is 0 Å².